The molecule has 5 heterocycles. The Hall–Kier alpha value is -13.1. The van der Waals surface area contributed by atoms with Gasteiger partial charge in [0, 0.05) is 91.4 Å². The Morgan fingerprint density at radius 2 is 0.529 bits per heavy atom. The van der Waals surface area contributed by atoms with Crippen LogP contribution in [-0.2, 0) is 5.41 Å². The zero-order chi connectivity index (χ0) is 68.7. The maximum atomic E-state index is 2.45. The fraction of sp³-hybridized carbons (Fsp3) is 0.0303. The molecule has 488 valence electrons. The number of para-hydroxylation sites is 4. The molecule has 22 rings (SSSR count). The van der Waals surface area contributed by atoms with Crippen LogP contribution >= 0.6 is 11.3 Å². The van der Waals surface area contributed by atoms with E-state index >= 15 is 0 Å². The van der Waals surface area contributed by atoms with Gasteiger partial charge < -0.3 is 18.3 Å². The van der Waals surface area contributed by atoms with Crippen molar-refractivity contribution in [3.63, 3.8) is 0 Å². The van der Waals surface area contributed by atoms with Gasteiger partial charge in [-0.2, -0.15) is 0 Å². The summed E-state index contributed by atoms with van der Waals surface area (Å²) in [6.07, 6.45) is 0. The quantitative estimate of drug-likeness (QED) is 0.144. The highest BCUT2D eigenvalue weighted by atomic mass is 32.1. The van der Waals surface area contributed by atoms with Crippen molar-refractivity contribution >= 4 is 119 Å². The summed E-state index contributed by atoms with van der Waals surface area (Å²) in [6, 6.07) is 134. The van der Waals surface area contributed by atoms with Crippen molar-refractivity contribution in [2.75, 3.05) is 0 Å². The molecule has 0 atom stereocenters. The predicted octanol–water partition coefficient (Wildman–Crippen LogP) is 27.1. The van der Waals surface area contributed by atoms with Gasteiger partial charge in [0.25, 0.3) is 0 Å². The van der Waals surface area contributed by atoms with E-state index in [2.05, 4.69) is 396 Å². The van der Waals surface area contributed by atoms with E-state index in [4.69, 9.17) is 0 Å². The number of hydrogen-bond acceptors (Lipinski definition) is 1. The first-order valence-electron chi connectivity index (χ1n) is 35.9. The lowest BCUT2D eigenvalue weighted by atomic mass is 9.82. The molecule has 0 radical (unpaired) electrons. The van der Waals surface area contributed by atoms with Crippen LogP contribution in [0.2, 0.25) is 0 Å². The topological polar surface area (TPSA) is 19.7 Å². The second-order valence-electron chi connectivity index (χ2n) is 28.3. The van der Waals surface area contributed by atoms with E-state index in [1.165, 1.54) is 191 Å². The van der Waals surface area contributed by atoms with Crippen molar-refractivity contribution in [1.82, 2.24) is 18.3 Å². The Balaban J connectivity index is 0.000000134. The largest absolute Gasteiger partial charge is 0.309 e. The van der Waals surface area contributed by atoms with Gasteiger partial charge in [0.05, 0.1) is 44.1 Å². The van der Waals surface area contributed by atoms with Gasteiger partial charge in [-0.05, 0) is 200 Å². The first kappa shape index (κ1) is 59.8. The third kappa shape index (κ3) is 9.37. The lowest BCUT2D eigenvalue weighted by molar-refractivity contribution is 0.660. The number of fused-ring (bicyclic) bond motifs is 18. The summed E-state index contributed by atoms with van der Waals surface area (Å²) < 4.78 is 12.3. The van der Waals surface area contributed by atoms with Crippen LogP contribution in [-0.4, -0.2) is 18.3 Å². The highest BCUT2D eigenvalue weighted by molar-refractivity contribution is 7.25. The maximum absolute atomic E-state index is 2.45. The Morgan fingerprint density at radius 1 is 0.192 bits per heavy atom. The Labute approximate surface area is 605 Å². The summed E-state index contributed by atoms with van der Waals surface area (Å²) >= 11 is 1.86. The van der Waals surface area contributed by atoms with Crippen LogP contribution in [0.1, 0.15) is 25.0 Å². The van der Waals surface area contributed by atoms with Crippen LogP contribution in [0.25, 0.3) is 186 Å². The average molecular weight is 1340 g/mol. The van der Waals surface area contributed by atoms with Crippen molar-refractivity contribution in [3.8, 4) is 78.4 Å². The lowest BCUT2D eigenvalue weighted by Crippen LogP contribution is -2.15. The summed E-state index contributed by atoms with van der Waals surface area (Å²) in [4.78, 5) is 0. The van der Waals surface area contributed by atoms with Gasteiger partial charge in [-0.25, -0.2) is 0 Å². The number of benzene rings is 16. The molecule has 5 aromatic heterocycles. The first-order chi connectivity index (χ1) is 51.3. The minimum Gasteiger partial charge on any atom is -0.309 e. The molecule has 0 N–H and O–H groups in total. The molecular weight excluding hydrogens is 1280 g/mol. The summed E-state index contributed by atoms with van der Waals surface area (Å²) in [5.41, 5.74) is 29.6. The second-order valence-corrected chi connectivity index (χ2v) is 29.4. The van der Waals surface area contributed by atoms with Gasteiger partial charge in [0.1, 0.15) is 0 Å². The monoisotopic (exact) mass is 1340 g/mol. The van der Waals surface area contributed by atoms with Gasteiger partial charge >= 0.3 is 0 Å². The predicted molar refractivity (Wildman–Crippen MR) is 442 cm³/mol. The van der Waals surface area contributed by atoms with E-state index in [0.717, 1.165) is 5.69 Å². The van der Waals surface area contributed by atoms with Crippen LogP contribution in [0.5, 0.6) is 0 Å². The molecule has 1 aliphatic rings. The summed E-state index contributed by atoms with van der Waals surface area (Å²) in [7, 11) is 0. The molecule has 0 spiro atoms. The number of thiophene rings is 1. The van der Waals surface area contributed by atoms with Crippen molar-refractivity contribution in [2.45, 2.75) is 19.3 Å². The number of aromatic nitrogens is 4. The maximum Gasteiger partial charge on any atom is 0.0541 e. The molecule has 0 bridgehead atoms. The molecular formula is C99H66N4S. The molecule has 0 unspecified atom stereocenters. The molecule has 0 aliphatic heterocycles. The average Bonchev–Trinajstić information content (AvgIpc) is 1.53. The van der Waals surface area contributed by atoms with Gasteiger partial charge in [-0.3, -0.25) is 0 Å². The minimum absolute atomic E-state index is 0.0552. The molecule has 0 saturated heterocycles. The van der Waals surface area contributed by atoms with E-state index in [9.17, 15) is 0 Å². The van der Waals surface area contributed by atoms with E-state index in [-0.39, 0.29) is 5.41 Å². The fourth-order valence-corrected chi connectivity index (χ4v) is 18.4. The van der Waals surface area contributed by atoms with Crippen LogP contribution in [0.3, 0.4) is 0 Å². The third-order valence-electron chi connectivity index (χ3n) is 22.2. The number of nitrogens with zero attached hydrogens (tertiary/aromatic N) is 4. The molecule has 0 fully saturated rings. The highest BCUT2D eigenvalue weighted by Gasteiger charge is 2.36. The van der Waals surface area contributed by atoms with E-state index in [0.29, 0.717) is 0 Å². The van der Waals surface area contributed by atoms with Gasteiger partial charge in [0.15, 0.2) is 0 Å². The van der Waals surface area contributed by atoms with Crippen molar-refractivity contribution in [2.24, 2.45) is 0 Å². The van der Waals surface area contributed by atoms with Crippen molar-refractivity contribution in [1.29, 1.82) is 0 Å². The second kappa shape index (κ2) is 23.5. The van der Waals surface area contributed by atoms with Gasteiger partial charge in [0.2, 0.25) is 0 Å². The van der Waals surface area contributed by atoms with Crippen LogP contribution in [0.4, 0.5) is 0 Å². The normalized spacial score (nSPS) is 12.6. The molecule has 16 aromatic carbocycles. The fourth-order valence-electron chi connectivity index (χ4n) is 17.3. The Kier molecular flexibility index (Phi) is 13.5. The zero-order valence-corrected chi connectivity index (χ0v) is 58.2. The van der Waals surface area contributed by atoms with Crippen LogP contribution < -0.4 is 0 Å². The van der Waals surface area contributed by atoms with Gasteiger partial charge in [-0.1, -0.05) is 244 Å². The Morgan fingerprint density at radius 3 is 1.05 bits per heavy atom. The SMILES string of the molecule is CC1(C)c2ccccc2-c2ccc(-n3c4ccccc4c4cc(-c5ccc6c(c5)c5ccccc5n6-c5cccc(-c6ccccc6)c5)ccc43)cc21.c1ccc(-c2ccc(-n3c4ccccc4c4cc(-c5ccc6c(c5)c5ccccc5n6-c5ccc6sc7ccccc7c6c5)ccc43)cc2)cc1. The summed E-state index contributed by atoms with van der Waals surface area (Å²) in [6.45, 7) is 4.71. The van der Waals surface area contributed by atoms with E-state index < -0.39 is 0 Å². The van der Waals surface area contributed by atoms with E-state index in [1.807, 2.05) is 11.3 Å². The minimum atomic E-state index is -0.0552. The summed E-state index contributed by atoms with van der Waals surface area (Å²) in [5, 5.41) is 12.7. The third-order valence-corrected chi connectivity index (χ3v) is 23.4. The molecule has 1 aliphatic carbocycles. The smallest absolute Gasteiger partial charge is 0.0541 e. The summed E-state index contributed by atoms with van der Waals surface area (Å²) in [5.74, 6) is 0. The number of rotatable bonds is 8. The lowest BCUT2D eigenvalue weighted by Gasteiger charge is -2.22. The molecule has 4 nitrogen and oxygen atoms in total. The molecule has 0 amide bonds. The number of hydrogen-bond donors (Lipinski definition) is 0. The molecule has 5 heteroatoms. The van der Waals surface area contributed by atoms with Crippen molar-refractivity contribution < 1.29 is 0 Å². The molecule has 104 heavy (non-hydrogen) atoms. The zero-order valence-electron chi connectivity index (χ0n) is 57.3. The van der Waals surface area contributed by atoms with Crippen LogP contribution in [0, 0.1) is 0 Å². The standard InChI is InChI=1S/C51H36N2.C48H30N2S/c1-51(2)45-20-9-6-17-39(45)40-26-25-38(32-46(40)51)53-48-22-11-8-19-42(48)44-31-36(24-28-50(44)53)35-23-27-49-43(30-35)41-18-7-10-21-47(41)52(49)37-16-12-15-34(29-37)33-13-4-3-5-14-33;1-2-10-31(11-3-1)32-18-22-35(23-19-32)49-43-15-7-4-12-37(43)40-28-33(20-25-45(40)49)34-21-26-46-41(29-34)38-13-5-8-16-44(38)50(46)36-24-27-48-42(30-36)39-14-6-9-17-47(39)51-48/h3-32H,1-2H3;1-30H. The van der Waals surface area contributed by atoms with Gasteiger partial charge in [-0.15, -0.1) is 11.3 Å². The van der Waals surface area contributed by atoms with Crippen LogP contribution in [0.15, 0.2) is 364 Å². The van der Waals surface area contributed by atoms with E-state index in [1.54, 1.807) is 0 Å². The molecule has 0 saturated carbocycles. The first-order valence-corrected chi connectivity index (χ1v) is 36.8. The highest BCUT2D eigenvalue weighted by Crippen LogP contribution is 2.50. The van der Waals surface area contributed by atoms with Crippen molar-refractivity contribution in [3.05, 3.63) is 375 Å². The Bertz CT molecular complexity index is 7050. The molecule has 21 aromatic rings.